The maximum Gasteiger partial charge on any atom is 0.293 e. The zero-order valence-electron chi connectivity index (χ0n) is 19.8. The molecule has 3 N–H and O–H groups in total. The number of nitrogens with one attached hydrogen (secondary N) is 1. The lowest BCUT2D eigenvalue weighted by Crippen LogP contribution is -2.34. The van der Waals surface area contributed by atoms with Crippen LogP contribution in [0.2, 0.25) is 0 Å². The zero-order valence-corrected chi connectivity index (χ0v) is 19.8. The second kappa shape index (κ2) is 9.99. The van der Waals surface area contributed by atoms with Crippen LogP contribution in [0.5, 0.6) is 0 Å². The van der Waals surface area contributed by atoms with Crippen molar-refractivity contribution in [3.8, 4) is 11.5 Å². The van der Waals surface area contributed by atoms with Crippen LogP contribution in [0, 0.1) is 5.92 Å². The Morgan fingerprint density at radius 3 is 2.64 bits per heavy atom. The van der Waals surface area contributed by atoms with Crippen molar-refractivity contribution in [1.29, 1.82) is 0 Å². The standard InChI is InChI=1S/C21H25N13O2/c1-13-7-9-32(10-8-13)11-17-18(26-31-33(17)20-19(22)28-36-29-20)21(35)27-25-14(2)15-3-5-16(6-4-15)34-24-12-23-30-34/h3-6,12-13H,7-11H2,1-2H3,(H2,22,28)(H,27,35). The summed E-state index contributed by atoms with van der Waals surface area (Å²) >= 11 is 0. The molecule has 0 saturated carbocycles. The predicted octanol–water partition coefficient (Wildman–Crippen LogP) is 0.594. The Morgan fingerprint density at radius 2 is 1.97 bits per heavy atom. The molecular formula is C21H25N13O2. The summed E-state index contributed by atoms with van der Waals surface area (Å²) in [5.74, 6) is 0.406. The van der Waals surface area contributed by atoms with Gasteiger partial charge in [-0.1, -0.05) is 24.3 Å². The zero-order chi connectivity index (χ0) is 25.1. The van der Waals surface area contributed by atoms with Crippen molar-refractivity contribution < 1.29 is 9.42 Å². The molecule has 0 unspecified atom stereocenters. The molecule has 36 heavy (non-hydrogen) atoms. The van der Waals surface area contributed by atoms with Crippen molar-refractivity contribution in [3.05, 3.63) is 47.5 Å². The molecule has 1 aliphatic rings. The molecule has 1 aromatic carbocycles. The Hall–Kier alpha value is -4.53. The van der Waals surface area contributed by atoms with Gasteiger partial charge in [0.2, 0.25) is 11.6 Å². The molecule has 0 bridgehead atoms. The Balaban J connectivity index is 1.35. The smallest absolute Gasteiger partial charge is 0.293 e. The molecule has 4 aromatic rings. The van der Waals surface area contributed by atoms with Crippen molar-refractivity contribution in [2.75, 3.05) is 18.8 Å². The molecule has 1 amide bonds. The maximum atomic E-state index is 13.1. The fraction of sp³-hybridized carbons (Fsp3) is 0.381. The van der Waals surface area contributed by atoms with Gasteiger partial charge in [-0.3, -0.25) is 9.69 Å². The molecule has 1 aliphatic heterocycles. The SMILES string of the molecule is CC(=NNC(=O)c1nnn(-c2nonc2N)c1CN1CCC(C)CC1)c1ccc(-n2ncnn2)cc1. The highest BCUT2D eigenvalue weighted by Crippen LogP contribution is 2.22. The summed E-state index contributed by atoms with van der Waals surface area (Å²) in [6.07, 6.45) is 3.51. The third-order valence-electron chi connectivity index (χ3n) is 6.11. The maximum absolute atomic E-state index is 13.1. The summed E-state index contributed by atoms with van der Waals surface area (Å²) in [6, 6.07) is 7.36. The predicted molar refractivity (Wildman–Crippen MR) is 126 cm³/mol. The van der Waals surface area contributed by atoms with Gasteiger partial charge in [0.15, 0.2) is 12.0 Å². The Kier molecular flexibility index (Phi) is 6.44. The van der Waals surface area contributed by atoms with Gasteiger partial charge in [0.25, 0.3) is 5.91 Å². The number of rotatable bonds is 7. The largest absolute Gasteiger partial charge is 0.378 e. The second-order valence-corrected chi connectivity index (χ2v) is 8.64. The average molecular weight is 492 g/mol. The summed E-state index contributed by atoms with van der Waals surface area (Å²) in [6.45, 7) is 6.27. The Bertz CT molecular complexity index is 1350. The number of amides is 1. The molecule has 1 saturated heterocycles. The van der Waals surface area contributed by atoms with Gasteiger partial charge in [-0.2, -0.15) is 9.78 Å². The van der Waals surface area contributed by atoms with Gasteiger partial charge in [-0.25, -0.2) is 10.1 Å². The van der Waals surface area contributed by atoms with Gasteiger partial charge >= 0.3 is 0 Å². The quantitative estimate of drug-likeness (QED) is 0.272. The van der Waals surface area contributed by atoms with Gasteiger partial charge in [-0.15, -0.1) is 20.1 Å². The van der Waals surface area contributed by atoms with Crippen LogP contribution in [-0.4, -0.2) is 75.1 Å². The number of hydrazone groups is 1. The molecule has 0 radical (unpaired) electrons. The number of nitrogens with zero attached hydrogens (tertiary/aromatic N) is 11. The normalized spacial score (nSPS) is 15.3. The van der Waals surface area contributed by atoms with Gasteiger partial charge in [0, 0.05) is 6.54 Å². The summed E-state index contributed by atoms with van der Waals surface area (Å²) in [7, 11) is 0. The van der Waals surface area contributed by atoms with E-state index in [1.807, 2.05) is 24.3 Å². The van der Waals surface area contributed by atoms with Crippen LogP contribution < -0.4 is 11.2 Å². The third-order valence-corrected chi connectivity index (χ3v) is 6.11. The van der Waals surface area contributed by atoms with Crippen molar-refractivity contribution in [2.45, 2.75) is 33.2 Å². The van der Waals surface area contributed by atoms with Crippen molar-refractivity contribution in [2.24, 2.45) is 11.0 Å². The van der Waals surface area contributed by atoms with Crippen molar-refractivity contribution >= 4 is 17.4 Å². The Labute approximate surface area is 205 Å². The van der Waals surface area contributed by atoms with Crippen molar-refractivity contribution in [3.63, 3.8) is 0 Å². The van der Waals surface area contributed by atoms with E-state index in [1.54, 1.807) is 6.92 Å². The number of piperidine rings is 1. The number of hydrogen-bond acceptors (Lipinski definition) is 12. The number of tetrazole rings is 1. The minimum Gasteiger partial charge on any atom is -0.378 e. The topological polar surface area (TPSA) is 184 Å². The molecule has 5 rings (SSSR count). The molecule has 4 heterocycles. The summed E-state index contributed by atoms with van der Waals surface area (Å²) in [5, 5.41) is 31.5. The summed E-state index contributed by atoms with van der Waals surface area (Å²) in [4.78, 5) is 16.8. The number of likely N-dealkylation sites (tertiary alicyclic amines) is 1. The number of nitrogens with two attached hydrogens (primary N) is 1. The number of carbonyl (C=O) groups excluding carboxylic acids is 1. The van der Waals surface area contributed by atoms with Crippen LogP contribution in [0.3, 0.4) is 0 Å². The minimum atomic E-state index is -0.501. The number of anilines is 1. The van der Waals surface area contributed by atoms with Crippen LogP contribution in [-0.2, 0) is 6.54 Å². The molecule has 3 aromatic heterocycles. The van der Waals surface area contributed by atoms with E-state index < -0.39 is 5.91 Å². The Morgan fingerprint density at radius 1 is 1.19 bits per heavy atom. The van der Waals surface area contributed by atoms with Gasteiger partial charge < -0.3 is 5.73 Å². The van der Waals surface area contributed by atoms with Crippen LogP contribution in [0.1, 0.15) is 48.4 Å². The van der Waals surface area contributed by atoms with Crippen LogP contribution in [0.4, 0.5) is 5.82 Å². The van der Waals surface area contributed by atoms with E-state index in [0.717, 1.165) is 37.2 Å². The molecule has 186 valence electrons. The van der Waals surface area contributed by atoms with E-state index in [2.05, 4.69) is 58.4 Å². The van der Waals surface area contributed by atoms with Crippen LogP contribution in [0.25, 0.3) is 11.5 Å². The lowest BCUT2D eigenvalue weighted by molar-refractivity contribution is 0.0946. The van der Waals surface area contributed by atoms with E-state index in [9.17, 15) is 4.79 Å². The highest BCUT2D eigenvalue weighted by Gasteiger charge is 2.27. The first-order chi connectivity index (χ1) is 17.5. The highest BCUT2D eigenvalue weighted by molar-refractivity contribution is 6.00. The van der Waals surface area contributed by atoms with E-state index in [1.165, 1.54) is 15.8 Å². The van der Waals surface area contributed by atoms with Crippen LogP contribution >= 0.6 is 0 Å². The number of carbonyl (C=O) groups is 1. The molecule has 15 nitrogen and oxygen atoms in total. The number of nitrogen functional groups attached to an aromatic ring is 1. The molecule has 0 spiro atoms. The van der Waals surface area contributed by atoms with E-state index >= 15 is 0 Å². The first-order valence-electron chi connectivity index (χ1n) is 11.4. The molecular weight excluding hydrogens is 466 g/mol. The molecule has 1 fully saturated rings. The summed E-state index contributed by atoms with van der Waals surface area (Å²) in [5.41, 5.74) is 11.3. The first kappa shape index (κ1) is 23.2. The summed E-state index contributed by atoms with van der Waals surface area (Å²) < 4.78 is 6.12. The first-order valence-corrected chi connectivity index (χ1v) is 11.4. The minimum absolute atomic E-state index is 0.0544. The van der Waals surface area contributed by atoms with Crippen molar-refractivity contribution in [1.82, 2.24) is 55.8 Å². The highest BCUT2D eigenvalue weighted by atomic mass is 16.6. The fourth-order valence-electron chi connectivity index (χ4n) is 3.93. The fourth-order valence-corrected chi connectivity index (χ4v) is 3.93. The van der Waals surface area contributed by atoms with Gasteiger partial charge in [-0.05, 0) is 72.0 Å². The van der Waals surface area contributed by atoms with Gasteiger partial charge in [0.05, 0.1) is 17.1 Å². The lowest BCUT2D eigenvalue weighted by Gasteiger charge is -2.30. The van der Waals surface area contributed by atoms with E-state index in [0.29, 0.717) is 23.9 Å². The number of aromatic nitrogens is 9. The molecule has 0 aliphatic carbocycles. The average Bonchev–Trinajstić information content (AvgIpc) is 3.65. The van der Waals surface area contributed by atoms with E-state index in [-0.39, 0.29) is 17.3 Å². The number of hydrogen-bond donors (Lipinski definition) is 2. The van der Waals surface area contributed by atoms with Gasteiger partial charge in [0.1, 0.15) is 0 Å². The molecule has 0 atom stereocenters. The molecule has 15 heteroatoms. The lowest BCUT2D eigenvalue weighted by atomic mass is 9.99. The second-order valence-electron chi connectivity index (χ2n) is 8.64. The van der Waals surface area contributed by atoms with Crippen LogP contribution in [0.15, 0.2) is 40.3 Å². The number of benzene rings is 1. The monoisotopic (exact) mass is 491 g/mol. The third kappa shape index (κ3) is 4.81. The van der Waals surface area contributed by atoms with E-state index in [4.69, 9.17) is 10.4 Å².